The Balaban J connectivity index is 1.80. The third-order valence-electron chi connectivity index (χ3n) is 4.54. The number of likely N-dealkylation sites (N-methyl/N-ethyl adjacent to an activating group) is 1. The maximum absolute atomic E-state index is 13.3. The molecule has 1 aliphatic rings. The SMILES string of the molecule is CCNC(=O)C(C)N1C(=O)COc2ccc(C(=O)COc3ccc(F)c(F)c3)cc21. The Bertz CT molecular complexity index is 995. The van der Waals surface area contributed by atoms with E-state index in [2.05, 4.69) is 5.32 Å². The molecule has 0 bridgehead atoms. The number of ketones is 1. The van der Waals surface area contributed by atoms with E-state index >= 15 is 0 Å². The number of hydrogen-bond acceptors (Lipinski definition) is 5. The summed E-state index contributed by atoms with van der Waals surface area (Å²) < 4.78 is 36.9. The number of amides is 2. The van der Waals surface area contributed by atoms with Crippen LogP contribution in [0.5, 0.6) is 11.5 Å². The van der Waals surface area contributed by atoms with E-state index in [1.807, 2.05) is 0 Å². The predicted molar refractivity (Wildman–Crippen MR) is 104 cm³/mol. The summed E-state index contributed by atoms with van der Waals surface area (Å²) in [4.78, 5) is 38.5. The number of nitrogens with zero attached hydrogens (tertiary/aromatic N) is 1. The number of carbonyl (C=O) groups is 3. The Hall–Kier alpha value is -3.49. The third kappa shape index (κ3) is 4.40. The number of ether oxygens (including phenoxy) is 2. The van der Waals surface area contributed by atoms with Crippen molar-refractivity contribution in [1.82, 2.24) is 5.32 Å². The highest BCUT2D eigenvalue weighted by Crippen LogP contribution is 2.34. The Kier molecular flexibility index (Phi) is 6.29. The molecule has 1 atom stereocenters. The molecule has 0 fully saturated rings. The Morgan fingerprint density at radius 1 is 1.20 bits per heavy atom. The van der Waals surface area contributed by atoms with E-state index in [0.717, 1.165) is 12.1 Å². The molecule has 2 aromatic carbocycles. The quantitative estimate of drug-likeness (QED) is 0.699. The van der Waals surface area contributed by atoms with Gasteiger partial charge in [0.05, 0.1) is 5.69 Å². The fraction of sp³-hybridized carbons (Fsp3) is 0.286. The molecular weight excluding hydrogens is 398 g/mol. The highest BCUT2D eigenvalue weighted by molar-refractivity contribution is 6.05. The third-order valence-corrected chi connectivity index (χ3v) is 4.54. The molecule has 1 heterocycles. The second-order valence-corrected chi connectivity index (χ2v) is 6.59. The molecule has 30 heavy (non-hydrogen) atoms. The molecule has 7 nitrogen and oxygen atoms in total. The van der Waals surface area contributed by atoms with Crippen LogP contribution in [-0.4, -0.2) is 43.4 Å². The van der Waals surface area contributed by atoms with E-state index in [1.165, 1.54) is 29.2 Å². The van der Waals surface area contributed by atoms with Crippen LogP contribution in [0.1, 0.15) is 24.2 Å². The predicted octanol–water partition coefficient (Wildman–Crippen LogP) is 2.48. The molecule has 158 valence electrons. The number of Topliss-reactive ketones (excluding diaryl/α,β-unsaturated/α-hetero) is 1. The van der Waals surface area contributed by atoms with Crippen molar-refractivity contribution in [1.29, 1.82) is 0 Å². The van der Waals surface area contributed by atoms with Crippen molar-refractivity contribution in [3.63, 3.8) is 0 Å². The zero-order valence-electron chi connectivity index (χ0n) is 16.4. The van der Waals surface area contributed by atoms with Crippen LogP contribution < -0.4 is 19.7 Å². The topological polar surface area (TPSA) is 84.9 Å². The summed E-state index contributed by atoms with van der Waals surface area (Å²) in [5, 5.41) is 2.66. The van der Waals surface area contributed by atoms with Crippen LogP contribution in [-0.2, 0) is 9.59 Å². The Labute approximate surface area is 171 Å². The molecule has 0 saturated heterocycles. The number of anilines is 1. The molecule has 0 aliphatic carbocycles. The zero-order valence-corrected chi connectivity index (χ0v) is 16.4. The number of halogens is 2. The van der Waals surface area contributed by atoms with E-state index in [-0.39, 0.29) is 23.8 Å². The lowest BCUT2D eigenvalue weighted by Crippen LogP contribution is -2.51. The number of fused-ring (bicyclic) bond motifs is 1. The van der Waals surface area contributed by atoms with E-state index in [0.29, 0.717) is 18.0 Å². The summed E-state index contributed by atoms with van der Waals surface area (Å²) in [7, 11) is 0. The first-order chi connectivity index (χ1) is 14.3. The standard InChI is InChI=1S/C21H20F2N2O5/c1-3-24-21(28)12(2)25-17-8-13(4-7-19(17)30-11-20(25)27)18(26)10-29-14-5-6-15(22)16(23)9-14/h4-9,12H,3,10-11H2,1-2H3,(H,24,28). The monoisotopic (exact) mass is 418 g/mol. The number of carbonyl (C=O) groups excluding carboxylic acids is 3. The summed E-state index contributed by atoms with van der Waals surface area (Å²) in [6.07, 6.45) is 0. The molecule has 2 aromatic rings. The number of benzene rings is 2. The van der Waals surface area contributed by atoms with Gasteiger partial charge in [-0.05, 0) is 44.2 Å². The van der Waals surface area contributed by atoms with Gasteiger partial charge in [-0.15, -0.1) is 0 Å². The van der Waals surface area contributed by atoms with Gasteiger partial charge in [0.25, 0.3) is 5.91 Å². The van der Waals surface area contributed by atoms with Gasteiger partial charge in [-0.25, -0.2) is 8.78 Å². The lowest BCUT2D eigenvalue weighted by Gasteiger charge is -2.33. The largest absolute Gasteiger partial charge is 0.485 e. The highest BCUT2D eigenvalue weighted by atomic mass is 19.2. The van der Waals surface area contributed by atoms with Crippen molar-refractivity contribution < 1.29 is 32.6 Å². The molecular formula is C21H20F2N2O5. The molecule has 3 rings (SSSR count). The summed E-state index contributed by atoms with van der Waals surface area (Å²) in [5.74, 6) is -2.94. The molecule has 0 radical (unpaired) electrons. The average molecular weight is 418 g/mol. The molecule has 1 N–H and O–H groups in total. The number of nitrogens with one attached hydrogen (secondary N) is 1. The first kappa shape index (κ1) is 21.2. The van der Waals surface area contributed by atoms with Crippen molar-refractivity contribution in [3.8, 4) is 11.5 Å². The molecule has 1 unspecified atom stereocenters. The maximum atomic E-state index is 13.3. The van der Waals surface area contributed by atoms with E-state index in [4.69, 9.17) is 9.47 Å². The summed E-state index contributed by atoms with van der Waals surface area (Å²) in [6, 6.07) is 6.63. The van der Waals surface area contributed by atoms with Crippen LogP contribution in [0.2, 0.25) is 0 Å². The minimum Gasteiger partial charge on any atom is -0.485 e. The van der Waals surface area contributed by atoms with Gasteiger partial charge >= 0.3 is 0 Å². The normalized spacial score (nSPS) is 13.9. The molecule has 0 saturated carbocycles. The van der Waals surface area contributed by atoms with Gasteiger partial charge in [-0.2, -0.15) is 0 Å². The van der Waals surface area contributed by atoms with Crippen LogP contribution in [0.3, 0.4) is 0 Å². The van der Waals surface area contributed by atoms with Gasteiger partial charge in [0.15, 0.2) is 30.6 Å². The summed E-state index contributed by atoms with van der Waals surface area (Å²) >= 11 is 0. The zero-order chi connectivity index (χ0) is 21.8. The lowest BCUT2D eigenvalue weighted by molar-refractivity contribution is -0.127. The van der Waals surface area contributed by atoms with E-state index in [9.17, 15) is 23.2 Å². The van der Waals surface area contributed by atoms with Gasteiger partial charge in [0.2, 0.25) is 5.91 Å². The Morgan fingerprint density at radius 2 is 1.97 bits per heavy atom. The van der Waals surface area contributed by atoms with Crippen molar-refractivity contribution in [3.05, 3.63) is 53.6 Å². The van der Waals surface area contributed by atoms with Crippen LogP contribution in [0.15, 0.2) is 36.4 Å². The Morgan fingerprint density at radius 3 is 2.67 bits per heavy atom. The van der Waals surface area contributed by atoms with Gasteiger partial charge in [-0.3, -0.25) is 19.3 Å². The van der Waals surface area contributed by atoms with Crippen molar-refractivity contribution in [2.75, 3.05) is 24.7 Å². The van der Waals surface area contributed by atoms with E-state index in [1.54, 1.807) is 13.8 Å². The van der Waals surface area contributed by atoms with Gasteiger partial charge in [0.1, 0.15) is 17.5 Å². The van der Waals surface area contributed by atoms with Crippen LogP contribution in [0.4, 0.5) is 14.5 Å². The second kappa shape index (κ2) is 8.89. The average Bonchev–Trinajstić information content (AvgIpc) is 2.73. The fourth-order valence-electron chi connectivity index (χ4n) is 3.01. The molecule has 0 spiro atoms. The van der Waals surface area contributed by atoms with Crippen LogP contribution >= 0.6 is 0 Å². The maximum Gasteiger partial charge on any atom is 0.265 e. The first-order valence-electron chi connectivity index (χ1n) is 9.29. The molecule has 9 heteroatoms. The minimum atomic E-state index is -1.08. The highest BCUT2D eigenvalue weighted by Gasteiger charge is 2.33. The molecule has 0 aromatic heterocycles. The van der Waals surface area contributed by atoms with E-state index < -0.39 is 36.0 Å². The van der Waals surface area contributed by atoms with Gasteiger partial charge < -0.3 is 14.8 Å². The number of hydrogen-bond donors (Lipinski definition) is 1. The second-order valence-electron chi connectivity index (χ2n) is 6.59. The van der Waals surface area contributed by atoms with Crippen molar-refractivity contribution >= 4 is 23.3 Å². The van der Waals surface area contributed by atoms with Gasteiger partial charge in [-0.1, -0.05) is 0 Å². The molecule has 2 amide bonds. The molecule has 1 aliphatic heterocycles. The summed E-state index contributed by atoms with van der Waals surface area (Å²) in [5.41, 5.74) is 0.506. The van der Waals surface area contributed by atoms with Crippen molar-refractivity contribution in [2.24, 2.45) is 0 Å². The smallest absolute Gasteiger partial charge is 0.265 e. The lowest BCUT2D eigenvalue weighted by atomic mass is 10.1. The minimum absolute atomic E-state index is 0.00482. The number of rotatable bonds is 7. The van der Waals surface area contributed by atoms with Gasteiger partial charge in [0, 0.05) is 18.2 Å². The van der Waals surface area contributed by atoms with Crippen molar-refractivity contribution in [2.45, 2.75) is 19.9 Å². The van der Waals surface area contributed by atoms with Crippen LogP contribution in [0.25, 0.3) is 0 Å². The first-order valence-corrected chi connectivity index (χ1v) is 9.29. The van der Waals surface area contributed by atoms with Crippen LogP contribution in [0, 0.1) is 11.6 Å². The fourth-order valence-corrected chi connectivity index (χ4v) is 3.01. The summed E-state index contributed by atoms with van der Waals surface area (Å²) in [6.45, 7) is 3.12.